The summed E-state index contributed by atoms with van der Waals surface area (Å²) in [4.78, 5) is 11.4. The molecule has 0 aromatic heterocycles. The molecule has 0 saturated carbocycles. The maximum Gasteiger partial charge on any atom is 0.161 e. The van der Waals surface area contributed by atoms with Crippen LogP contribution in [0.3, 0.4) is 0 Å². The fourth-order valence-corrected chi connectivity index (χ4v) is 1.69. The Kier molecular flexibility index (Phi) is 4.02. The number of hydrogen-bond acceptors (Lipinski definition) is 3. The van der Waals surface area contributed by atoms with E-state index in [1.807, 2.05) is 11.9 Å². The Balaban J connectivity index is 2.70. The highest BCUT2D eigenvalue weighted by Crippen LogP contribution is 2.31. The molecule has 1 aliphatic rings. The van der Waals surface area contributed by atoms with E-state index in [0.717, 1.165) is 25.1 Å². The monoisotopic (exact) mass is 229 g/mol. The summed E-state index contributed by atoms with van der Waals surface area (Å²) in [6.07, 6.45) is 2.76. The maximum atomic E-state index is 5.52. The first kappa shape index (κ1) is 12.4. The molecule has 0 spiro atoms. The normalized spacial score (nSPS) is 19.8. The van der Waals surface area contributed by atoms with Gasteiger partial charge in [0.15, 0.2) is 11.0 Å². The van der Waals surface area contributed by atoms with Crippen LogP contribution in [0.4, 0.5) is 0 Å². The smallest absolute Gasteiger partial charge is 0.161 e. The van der Waals surface area contributed by atoms with Gasteiger partial charge in [0.1, 0.15) is 5.60 Å². The van der Waals surface area contributed by atoms with Crippen LogP contribution in [0.15, 0.2) is 10.1 Å². The SMILES string of the molecule is CCC1(CC)CC(N(C)C(S)=NC)=NO1. The van der Waals surface area contributed by atoms with Crippen LogP contribution in [0.1, 0.15) is 33.1 Å². The van der Waals surface area contributed by atoms with Gasteiger partial charge in [-0.15, -0.1) is 12.6 Å². The highest BCUT2D eigenvalue weighted by Gasteiger charge is 2.37. The van der Waals surface area contributed by atoms with Crippen LogP contribution in [-0.2, 0) is 4.84 Å². The lowest BCUT2D eigenvalue weighted by Gasteiger charge is -2.23. The van der Waals surface area contributed by atoms with Crippen molar-refractivity contribution in [1.29, 1.82) is 0 Å². The van der Waals surface area contributed by atoms with Crippen molar-refractivity contribution in [3.05, 3.63) is 0 Å². The molecule has 0 amide bonds. The minimum absolute atomic E-state index is 0.120. The molecule has 0 radical (unpaired) electrons. The number of hydrogen-bond donors (Lipinski definition) is 1. The molecule has 1 heterocycles. The van der Waals surface area contributed by atoms with E-state index in [0.29, 0.717) is 5.17 Å². The molecule has 4 nitrogen and oxygen atoms in total. The summed E-state index contributed by atoms with van der Waals surface area (Å²) < 4.78 is 0. The van der Waals surface area contributed by atoms with E-state index in [4.69, 9.17) is 4.84 Å². The third-order valence-corrected chi connectivity index (χ3v) is 3.50. The molecule has 0 fully saturated rings. The zero-order valence-corrected chi connectivity index (χ0v) is 10.7. The molecular formula is C10H19N3OS. The Bertz CT molecular complexity index is 284. The highest BCUT2D eigenvalue weighted by molar-refractivity contribution is 7.96. The third kappa shape index (κ3) is 2.45. The predicted molar refractivity (Wildman–Crippen MR) is 66.6 cm³/mol. The maximum absolute atomic E-state index is 5.52. The van der Waals surface area contributed by atoms with E-state index in [1.54, 1.807) is 7.05 Å². The van der Waals surface area contributed by atoms with Crippen molar-refractivity contribution in [2.24, 2.45) is 10.1 Å². The highest BCUT2D eigenvalue weighted by atomic mass is 32.1. The van der Waals surface area contributed by atoms with Gasteiger partial charge in [0, 0.05) is 14.1 Å². The number of nitrogens with zero attached hydrogens (tertiary/aromatic N) is 3. The van der Waals surface area contributed by atoms with Gasteiger partial charge in [-0.1, -0.05) is 19.0 Å². The Morgan fingerprint density at radius 3 is 2.60 bits per heavy atom. The van der Waals surface area contributed by atoms with Crippen LogP contribution in [-0.4, -0.2) is 35.6 Å². The van der Waals surface area contributed by atoms with Crippen LogP contribution in [0.2, 0.25) is 0 Å². The predicted octanol–water partition coefficient (Wildman–Crippen LogP) is 2.13. The largest absolute Gasteiger partial charge is 0.387 e. The minimum atomic E-state index is -0.120. The molecule has 0 bridgehead atoms. The third-order valence-electron chi connectivity index (χ3n) is 3.00. The lowest BCUT2D eigenvalue weighted by molar-refractivity contribution is -0.0243. The van der Waals surface area contributed by atoms with Crippen molar-refractivity contribution < 1.29 is 4.84 Å². The molecule has 0 N–H and O–H groups in total. The van der Waals surface area contributed by atoms with E-state index >= 15 is 0 Å². The van der Waals surface area contributed by atoms with Crippen molar-refractivity contribution in [2.45, 2.75) is 38.7 Å². The van der Waals surface area contributed by atoms with Crippen LogP contribution < -0.4 is 0 Å². The Labute approximate surface area is 96.8 Å². The van der Waals surface area contributed by atoms with E-state index in [9.17, 15) is 0 Å². The summed E-state index contributed by atoms with van der Waals surface area (Å²) in [6, 6.07) is 0. The summed E-state index contributed by atoms with van der Waals surface area (Å²) in [7, 11) is 3.61. The summed E-state index contributed by atoms with van der Waals surface area (Å²) in [6.45, 7) is 4.24. The van der Waals surface area contributed by atoms with E-state index in [2.05, 4.69) is 36.6 Å². The quantitative estimate of drug-likeness (QED) is 0.447. The number of rotatable bonds is 2. The Hall–Kier alpha value is -0.710. The summed E-state index contributed by atoms with van der Waals surface area (Å²) in [5, 5.41) is 4.77. The van der Waals surface area contributed by atoms with E-state index in [-0.39, 0.29) is 5.60 Å². The van der Waals surface area contributed by atoms with Crippen molar-refractivity contribution in [3.8, 4) is 0 Å². The van der Waals surface area contributed by atoms with Crippen molar-refractivity contribution in [2.75, 3.05) is 14.1 Å². The second kappa shape index (κ2) is 4.88. The van der Waals surface area contributed by atoms with Crippen LogP contribution >= 0.6 is 12.6 Å². The van der Waals surface area contributed by atoms with Gasteiger partial charge in [-0.05, 0) is 12.8 Å². The molecule has 0 saturated heterocycles. The minimum Gasteiger partial charge on any atom is -0.387 e. The van der Waals surface area contributed by atoms with Gasteiger partial charge in [-0.25, -0.2) is 0 Å². The first-order valence-electron chi connectivity index (χ1n) is 5.23. The van der Waals surface area contributed by atoms with Gasteiger partial charge in [0.2, 0.25) is 0 Å². The van der Waals surface area contributed by atoms with Crippen LogP contribution in [0, 0.1) is 0 Å². The van der Waals surface area contributed by atoms with Crippen molar-refractivity contribution in [3.63, 3.8) is 0 Å². The Morgan fingerprint density at radius 1 is 1.60 bits per heavy atom. The number of amidine groups is 2. The van der Waals surface area contributed by atoms with Gasteiger partial charge in [-0.3, -0.25) is 4.99 Å². The van der Waals surface area contributed by atoms with Crippen molar-refractivity contribution in [1.82, 2.24) is 4.90 Å². The summed E-state index contributed by atoms with van der Waals surface area (Å²) in [5.41, 5.74) is -0.120. The van der Waals surface area contributed by atoms with Gasteiger partial charge >= 0.3 is 0 Å². The molecule has 15 heavy (non-hydrogen) atoms. The average Bonchev–Trinajstić information content (AvgIpc) is 2.72. The molecule has 0 aromatic carbocycles. The second-order valence-electron chi connectivity index (χ2n) is 3.75. The lowest BCUT2D eigenvalue weighted by atomic mass is 9.93. The average molecular weight is 229 g/mol. The fraction of sp³-hybridized carbons (Fsp3) is 0.800. The van der Waals surface area contributed by atoms with Gasteiger partial charge in [0.05, 0.1) is 6.42 Å². The molecule has 0 aliphatic carbocycles. The van der Waals surface area contributed by atoms with Gasteiger partial charge < -0.3 is 9.74 Å². The fourth-order valence-electron chi connectivity index (χ4n) is 1.58. The van der Waals surface area contributed by atoms with Crippen LogP contribution in [0.25, 0.3) is 0 Å². The summed E-state index contributed by atoms with van der Waals surface area (Å²) in [5.74, 6) is 0.898. The molecular weight excluding hydrogens is 210 g/mol. The molecule has 86 valence electrons. The number of aliphatic imine (C=N–C) groups is 1. The van der Waals surface area contributed by atoms with E-state index in [1.165, 1.54) is 0 Å². The second-order valence-corrected chi connectivity index (χ2v) is 4.15. The van der Waals surface area contributed by atoms with Crippen molar-refractivity contribution >= 4 is 23.6 Å². The number of thiol groups is 1. The zero-order valence-electron chi connectivity index (χ0n) is 9.82. The van der Waals surface area contributed by atoms with E-state index < -0.39 is 0 Å². The first-order chi connectivity index (χ1) is 7.08. The Morgan fingerprint density at radius 2 is 2.20 bits per heavy atom. The molecule has 1 aliphatic heterocycles. The lowest BCUT2D eigenvalue weighted by Crippen LogP contribution is -2.34. The zero-order chi connectivity index (χ0) is 11.5. The summed E-state index contributed by atoms with van der Waals surface area (Å²) >= 11 is 4.25. The van der Waals surface area contributed by atoms with Gasteiger partial charge in [-0.2, -0.15) is 0 Å². The molecule has 1 rings (SSSR count). The standard InChI is InChI=1S/C10H19N3OS/c1-5-10(6-2)7-8(12-14-10)13(4)9(15)11-3/h5-7H2,1-4H3,(H,11,15). The first-order valence-corrected chi connectivity index (χ1v) is 5.67. The van der Waals surface area contributed by atoms with Gasteiger partial charge in [0.25, 0.3) is 0 Å². The topological polar surface area (TPSA) is 37.2 Å². The molecule has 5 heteroatoms. The molecule has 0 aromatic rings. The van der Waals surface area contributed by atoms with Crippen LogP contribution in [0.5, 0.6) is 0 Å². The molecule has 0 unspecified atom stereocenters. The number of oxime groups is 1. The molecule has 0 atom stereocenters.